The van der Waals surface area contributed by atoms with Crippen LogP contribution in [-0.2, 0) is 9.59 Å². The van der Waals surface area contributed by atoms with E-state index < -0.39 is 11.8 Å². The molecule has 0 aliphatic carbocycles. The van der Waals surface area contributed by atoms with Crippen LogP contribution in [0.4, 0.5) is 0 Å². The minimum absolute atomic E-state index is 0.331. The van der Waals surface area contributed by atoms with Gasteiger partial charge in [0.2, 0.25) is 0 Å². The molecule has 0 heterocycles. The molecule has 4 nitrogen and oxygen atoms in total. The van der Waals surface area contributed by atoms with Crippen LogP contribution in [0, 0.1) is 11.3 Å². The SMILES string of the molecule is CC(=O)C(=Cc1ccccc1C#N)C(=O)O. The fourth-order valence-electron chi connectivity index (χ4n) is 1.19. The summed E-state index contributed by atoms with van der Waals surface area (Å²) >= 11 is 0. The Labute approximate surface area is 92.4 Å². The molecule has 0 saturated heterocycles. The van der Waals surface area contributed by atoms with Crippen LogP contribution in [-0.4, -0.2) is 16.9 Å². The molecule has 0 bridgehead atoms. The summed E-state index contributed by atoms with van der Waals surface area (Å²) in [6.07, 6.45) is 1.21. The van der Waals surface area contributed by atoms with Crippen molar-refractivity contribution in [3.05, 3.63) is 41.0 Å². The molecule has 1 N–H and O–H groups in total. The Hall–Kier alpha value is -2.41. The van der Waals surface area contributed by atoms with Crippen molar-refractivity contribution in [2.75, 3.05) is 0 Å². The van der Waals surface area contributed by atoms with E-state index in [1.54, 1.807) is 24.3 Å². The molecule has 0 aromatic heterocycles. The van der Waals surface area contributed by atoms with Crippen LogP contribution in [0.25, 0.3) is 6.08 Å². The number of Topliss-reactive ketones (excluding diaryl/α,β-unsaturated/α-hetero) is 1. The standard InChI is InChI=1S/C12H9NO3/c1-8(14)11(12(15)16)6-9-4-2-3-5-10(9)7-13/h2-6H,1H3,(H,15,16). The number of aliphatic carboxylic acids is 1. The number of carboxylic acids is 1. The average molecular weight is 215 g/mol. The Morgan fingerprint density at radius 2 is 2.00 bits per heavy atom. The first-order valence-electron chi connectivity index (χ1n) is 4.51. The van der Waals surface area contributed by atoms with Gasteiger partial charge in [-0.1, -0.05) is 18.2 Å². The molecule has 0 amide bonds. The summed E-state index contributed by atoms with van der Waals surface area (Å²) in [5.74, 6) is -1.83. The number of nitriles is 1. The van der Waals surface area contributed by atoms with Gasteiger partial charge in [0.1, 0.15) is 5.57 Å². The molecule has 1 rings (SSSR count). The Morgan fingerprint density at radius 1 is 1.38 bits per heavy atom. The molecule has 0 spiro atoms. The number of nitrogens with zero attached hydrogens (tertiary/aromatic N) is 1. The molecule has 0 atom stereocenters. The number of hydrogen-bond acceptors (Lipinski definition) is 3. The lowest BCUT2D eigenvalue weighted by Crippen LogP contribution is -2.08. The topological polar surface area (TPSA) is 78.2 Å². The maximum absolute atomic E-state index is 11.1. The van der Waals surface area contributed by atoms with E-state index in [1.165, 1.54) is 13.0 Å². The van der Waals surface area contributed by atoms with Gasteiger partial charge in [-0.05, 0) is 24.6 Å². The number of carbonyl (C=O) groups excluding carboxylic acids is 1. The normalized spacial score (nSPS) is 10.6. The predicted octanol–water partition coefficient (Wildman–Crippen LogP) is 1.62. The highest BCUT2D eigenvalue weighted by atomic mass is 16.4. The van der Waals surface area contributed by atoms with E-state index in [4.69, 9.17) is 10.4 Å². The van der Waals surface area contributed by atoms with Crippen LogP contribution in [0.3, 0.4) is 0 Å². The zero-order valence-corrected chi connectivity index (χ0v) is 8.60. The van der Waals surface area contributed by atoms with Gasteiger partial charge in [0.15, 0.2) is 5.78 Å². The van der Waals surface area contributed by atoms with Gasteiger partial charge in [0, 0.05) is 0 Å². The van der Waals surface area contributed by atoms with Crippen LogP contribution in [0.15, 0.2) is 29.8 Å². The van der Waals surface area contributed by atoms with Gasteiger partial charge in [0.25, 0.3) is 0 Å². The Bertz CT molecular complexity index is 493. The third-order valence-corrected chi connectivity index (χ3v) is 1.99. The summed E-state index contributed by atoms with van der Waals surface area (Å²) in [5, 5.41) is 17.6. The zero-order chi connectivity index (χ0) is 12.1. The van der Waals surface area contributed by atoms with E-state index in [9.17, 15) is 9.59 Å². The average Bonchev–Trinajstić information content (AvgIpc) is 2.25. The van der Waals surface area contributed by atoms with Gasteiger partial charge in [-0.25, -0.2) is 4.79 Å². The molecule has 80 valence electrons. The molecule has 0 unspecified atom stereocenters. The highest BCUT2D eigenvalue weighted by molar-refractivity contribution is 6.19. The minimum atomic E-state index is -1.29. The van der Waals surface area contributed by atoms with Crippen molar-refractivity contribution in [2.24, 2.45) is 0 Å². The second-order valence-corrected chi connectivity index (χ2v) is 3.12. The fraction of sp³-hybridized carbons (Fsp3) is 0.0833. The zero-order valence-electron chi connectivity index (χ0n) is 8.60. The van der Waals surface area contributed by atoms with Gasteiger partial charge in [0.05, 0.1) is 11.6 Å². The summed E-state index contributed by atoms with van der Waals surface area (Å²) in [6, 6.07) is 8.42. The lowest BCUT2D eigenvalue weighted by Gasteiger charge is -1.99. The highest BCUT2D eigenvalue weighted by Crippen LogP contribution is 2.12. The second-order valence-electron chi connectivity index (χ2n) is 3.12. The quantitative estimate of drug-likeness (QED) is 0.472. The van der Waals surface area contributed by atoms with Crippen molar-refractivity contribution in [3.8, 4) is 6.07 Å². The number of benzene rings is 1. The molecule has 0 aliphatic rings. The van der Waals surface area contributed by atoms with Crippen molar-refractivity contribution in [3.63, 3.8) is 0 Å². The first-order valence-corrected chi connectivity index (χ1v) is 4.51. The van der Waals surface area contributed by atoms with Crippen molar-refractivity contribution < 1.29 is 14.7 Å². The van der Waals surface area contributed by atoms with Crippen molar-refractivity contribution >= 4 is 17.8 Å². The minimum Gasteiger partial charge on any atom is -0.478 e. The van der Waals surface area contributed by atoms with Crippen LogP contribution < -0.4 is 0 Å². The van der Waals surface area contributed by atoms with Gasteiger partial charge in [-0.3, -0.25) is 4.79 Å². The predicted molar refractivity (Wildman–Crippen MR) is 57.5 cm³/mol. The van der Waals surface area contributed by atoms with Crippen LogP contribution in [0.5, 0.6) is 0 Å². The molecule has 0 radical (unpaired) electrons. The molecule has 1 aromatic rings. The Morgan fingerprint density at radius 3 is 2.50 bits per heavy atom. The van der Waals surface area contributed by atoms with E-state index in [2.05, 4.69) is 0 Å². The van der Waals surface area contributed by atoms with E-state index in [0.717, 1.165) is 0 Å². The van der Waals surface area contributed by atoms with Crippen LogP contribution in [0.2, 0.25) is 0 Å². The fourth-order valence-corrected chi connectivity index (χ4v) is 1.19. The Balaban J connectivity index is 3.30. The van der Waals surface area contributed by atoms with Gasteiger partial charge in [-0.2, -0.15) is 5.26 Å². The van der Waals surface area contributed by atoms with E-state index in [1.807, 2.05) is 6.07 Å². The maximum Gasteiger partial charge on any atom is 0.339 e. The molecular formula is C12H9NO3. The summed E-state index contributed by atoms with van der Waals surface area (Å²) in [5.41, 5.74) is 0.433. The first kappa shape index (κ1) is 11.7. The van der Waals surface area contributed by atoms with Gasteiger partial charge >= 0.3 is 5.97 Å². The second kappa shape index (κ2) is 4.89. The third kappa shape index (κ3) is 2.55. The summed E-state index contributed by atoms with van der Waals surface area (Å²) in [6.45, 7) is 1.18. The number of hydrogen-bond donors (Lipinski definition) is 1. The molecule has 1 aromatic carbocycles. The summed E-state index contributed by atoms with van der Waals surface area (Å²) in [7, 11) is 0. The van der Waals surface area contributed by atoms with Crippen LogP contribution >= 0.6 is 0 Å². The monoisotopic (exact) mass is 215 g/mol. The van der Waals surface area contributed by atoms with Crippen molar-refractivity contribution in [1.29, 1.82) is 5.26 Å². The van der Waals surface area contributed by atoms with E-state index in [-0.39, 0.29) is 5.57 Å². The third-order valence-electron chi connectivity index (χ3n) is 1.99. The van der Waals surface area contributed by atoms with Crippen LogP contribution in [0.1, 0.15) is 18.1 Å². The first-order chi connectivity index (χ1) is 7.56. The molecule has 16 heavy (non-hydrogen) atoms. The molecule has 0 aliphatic heterocycles. The number of carboxylic acid groups (broad SMARTS) is 1. The molecular weight excluding hydrogens is 206 g/mol. The number of rotatable bonds is 3. The smallest absolute Gasteiger partial charge is 0.339 e. The molecule has 0 fully saturated rings. The maximum atomic E-state index is 11.1. The van der Waals surface area contributed by atoms with E-state index in [0.29, 0.717) is 11.1 Å². The van der Waals surface area contributed by atoms with E-state index >= 15 is 0 Å². The number of ketones is 1. The molecule has 0 saturated carbocycles. The lowest BCUT2D eigenvalue weighted by molar-refractivity contribution is -0.134. The Kier molecular flexibility index (Phi) is 3.57. The highest BCUT2D eigenvalue weighted by Gasteiger charge is 2.13. The summed E-state index contributed by atoms with van der Waals surface area (Å²) < 4.78 is 0. The summed E-state index contributed by atoms with van der Waals surface area (Å²) in [4.78, 5) is 21.8. The molecule has 4 heteroatoms. The lowest BCUT2D eigenvalue weighted by atomic mass is 10.0. The largest absolute Gasteiger partial charge is 0.478 e. The number of carbonyl (C=O) groups is 2. The van der Waals surface area contributed by atoms with Gasteiger partial charge < -0.3 is 5.11 Å². The van der Waals surface area contributed by atoms with Gasteiger partial charge in [-0.15, -0.1) is 0 Å². The van der Waals surface area contributed by atoms with Crippen molar-refractivity contribution in [2.45, 2.75) is 6.92 Å². The van der Waals surface area contributed by atoms with Crippen molar-refractivity contribution in [1.82, 2.24) is 0 Å².